The first-order valence-electron chi connectivity index (χ1n) is 6.20. The Balaban J connectivity index is 2.30. The summed E-state index contributed by atoms with van der Waals surface area (Å²) < 4.78 is 0. The largest absolute Gasteiger partial charge is 0.318 e. The Labute approximate surface area is 104 Å². The first-order chi connectivity index (χ1) is 8.25. The summed E-state index contributed by atoms with van der Waals surface area (Å²) in [6, 6.07) is 9.09. The van der Waals surface area contributed by atoms with Crippen LogP contribution in [0.3, 0.4) is 0 Å². The molecule has 0 aromatic heterocycles. The molecule has 92 valence electrons. The summed E-state index contributed by atoms with van der Waals surface area (Å²) in [4.78, 5) is 11.8. The van der Waals surface area contributed by atoms with Gasteiger partial charge in [-0.2, -0.15) is 0 Å². The van der Waals surface area contributed by atoms with Crippen molar-refractivity contribution < 1.29 is 4.79 Å². The average Bonchev–Trinajstić information content (AvgIpc) is 2.38. The minimum atomic E-state index is -0.462. The van der Waals surface area contributed by atoms with E-state index in [0.29, 0.717) is 6.42 Å². The number of ketones is 1. The zero-order valence-corrected chi connectivity index (χ0v) is 10.3. The molecule has 1 unspecified atom stereocenters. The molecule has 0 bridgehead atoms. The van der Waals surface area contributed by atoms with Gasteiger partial charge in [0.25, 0.3) is 0 Å². The van der Waals surface area contributed by atoms with Crippen molar-refractivity contribution in [1.82, 2.24) is 0 Å². The summed E-state index contributed by atoms with van der Waals surface area (Å²) >= 11 is 0. The van der Waals surface area contributed by atoms with Crippen LogP contribution in [0.4, 0.5) is 0 Å². The summed E-state index contributed by atoms with van der Waals surface area (Å²) in [6.45, 7) is 3.67. The lowest BCUT2D eigenvalue weighted by molar-refractivity contribution is -0.120. The predicted molar refractivity (Wildman–Crippen MR) is 71.7 cm³/mol. The molecule has 0 aliphatic rings. The molecule has 1 rings (SSSR count). The monoisotopic (exact) mass is 231 g/mol. The third kappa shape index (κ3) is 4.96. The maximum absolute atomic E-state index is 11.8. The van der Waals surface area contributed by atoms with Crippen LogP contribution in [0.2, 0.25) is 0 Å². The lowest BCUT2D eigenvalue weighted by Crippen LogP contribution is -2.21. The normalized spacial score (nSPS) is 12.1. The number of benzene rings is 1. The maximum atomic E-state index is 11.8. The minimum absolute atomic E-state index is 0.134. The van der Waals surface area contributed by atoms with Crippen molar-refractivity contribution >= 4 is 5.78 Å². The number of rotatable bonds is 8. The van der Waals surface area contributed by atoms with Gasteiger partial charge in [-0.25, -0.2) is 0 Å². The molecule has 0 fully saturated rings. The van der Waals surface area contributed by atoms with E-state index in [1.165, 1.54) is 0 Å². The number of nitrogens with two attached hydrogens (primary N) is 1. The van der Waals surface area contributed by atoms with Crippen molar-refractivity contribution in [3.05, 3.63) is 48.6 Å². The van der Waals surface area contributed by atoms with E-state index >= 15 is 0 Å². The standard InChI is InChI=1S/C15H21NO/c1-2-3-4-5-9-12-14(17)15(16)13-10-7-6-8-11-13/h2,6-8,10-11,15H,1,3-5,9,12,16H2. The van der Waals surface area contributed by atoms with E-state index in [9.17, 15) is 4.79 Å². The van der Waals surface area contributed by atoms with Crippen molar-refractivity contribution in [2.75, 3.05) is 0 Å². The van der Waals surface area contributed by atoms with Crippen LogP contribution < -0.4 is 5.73 Å². The number of allylic oxidation sites excluding steroid dienone is 1. The Hall–Kier alpha value is -1.41. The van der Waals surface area contributed by atoms with Crippen LogP contribution in [0.5, 0.6) is 0 Å². The SMILES string of the molecule is C=CCCCCCC(=O)C(N)c1ccccc1. The van der Waals surface area contributed by atoms with Gasteiger partial charge in [0.1, 0.15) is 0 Å². The molecule has 2 heteroatoms. The third-order valence-corrected chi connectivity index (χ3v) is 2.84. The second kappa shape index (κ2) is 7.80. The van der Waals surface area contributed by atoms with Crippen molar-refractivity contribution in [1.29, 1.82) is 0 Å². The van der Waals surface area contributed by atoms with E-state index < -0.39 is 6.04 Å². The lowest BCUT2D eigenvalue weighted by atomic mass is 9.99. The molecular weight excluding hydrogens is 210 g/mol. The van der Waals surface area contributed by atoms with Gasteiger partial charge >= 0.3 is 0 Å². The topological polar surface area (TPSA) is 43.1 Å². The van der Waals surface area contributed by atoms with Gasteiger partial charge in [0, 0.05) is 6.42 Å². The van der Waals surface area contributed by atoms with Crippen LogP contribution in [-0.2, 0) is 4.79 Å². The molecule has 0 saturated heterocycles. The fourth-order valence-corrected chi connectivity index (χ4v) is 1.77. The zero-order chi connectivity index (χ0) is 12.5. The van der Waals surface area contributed by atoms with E-state index in [-0.39, 0.29) is 5.78 Å². The highest BCUT2D eigenvalue weighted by molar-refractivity contribution is 5.84. The molecule has 17 heavy (non-hydrogen) atoms. The van der Waals surface area contributed by atoms with Crippen molar-refractivity contribution in [2.45, 2.75) is 38.1 Å². The maximum Gasteiger partial charge on any atom is 0.154 e. The Morgan fingerprint density at radius 3 is 2.59 bits per heavy atom. The Kier molecular flexibility index (Phi) is 6.26. The number of hydrogen-bond acceptors (Lipinski definition) is 2. The van der Waals surface area contributed by atoms with Crippen LogP contribution in [0.15, 0.2) is 43.0 Å². The third-order valence-electron chi connectivity index (χ3n) is 2.84. The van der Waals surface area contributed by atoms with Gasteiger partial charge in [-0.3, -0.25) is 4.79 Å². The second-order valence-corrected chi connectivity index (χ2v) is 4.24. The van der Waals surface area contributed by atoms with E-state index in [0.717, 1.165) is 31.2 Å². The van der Waals surface area contributed by atoms with Crippen molar-refractivity contribution in [2.24, 2.45) is 5.73 Å². The Morgan fingerprint density at radius 1 is 1.24 bits per heavy atom. The summed E-state index contributed by atoms with van der Waals surface area (Å²) in [5.74, 6) is 0.134. The molecule has 0 amide bonds. The van der Waals surface area contributed by atoms with Gasteiger partial charge < -0.3 is 5.73 Å². The number of hydrogen-bond donors (Lipinski definition) is 1. The number of Topliss-reactive ketones (excluding diaryl/α,β-unsaturated/α-hetero) is 1. The van der Waals surface area contributed by atoms with E-state index in [1.54, 1.807) is 0 Å². The molecule has 0 aliphatic carbocycles. The Morgan fingerprint density at radius 2 is 1.94 bits per heavy atom. The van der Waals surface area contributed by atoms with Crippen LogP contribution >= 0.6 is 0 Å². The predicted octanol–water partition coefficient (Wildman–Crippen LogP) is 3.39. The first-order valence-corrected chi connectivity index (χ1v) is 6.20. The highest BCUT2D eigenvalue weighted by atomic mass is 16.1. The molecule has 1 aromatic rings. The summed E-state index contributed by atoms with van der Waals surface area (Å²) in [6.07, 6.45) is 6.62. The van der Waals surface area contributed by atoms with E-state index in [4.69, 9.17) is 5.73 Å². The van der Waals surface area contributed by atoms with Crippen LogP contribution in [-0.4, -0.2) is 5.78 Å². The summed E-state index contributed by atoms with van der Waals surface area (Å²) in [5.41, 5.74) is 6.82. The zero-order valence-electron chi connectivity index (χ0n) is 10.3. The summed E-state index contributed by atoms with van der Waals surface area (Å²) in [5, 5.41) is 0. The fraction of sp³-hybridized carbons (Fsp3) is 0.400. The fourth-order valence-electron chi connectivity index (χ4n) is 1.77. The van der Waals surface area contributed by atoms with Gasteiger partial charge in [0.15, 0.2) is 5.78 Å². The van der Waals surface area contributed by atoms with Crippen molar-refractivity contribution in [3.63, 3.8) is 0 Å². The first kappa shape index (κ1) is 13.7. The smallest absolute Gasteiger partial charge is 0.154 e. The Bertz CT molecular complexity index is 345. The average molecular weight is 231 g/mol. The van der Waals surface area contributed by atoms with Gasteiger partial charge in [-0.15, -0.1) is 6.58 Å². The highest BCUT2D eigenvalue weighted by Crippen LogP contribution is 2.14. The number of carbonyl (C=O) groups excluding carboxylic acids is 1. The summed E-state index contributed by atoms with van der Waals surface area (Å²) in [7, 11) is 0. The molecule has 0 spiro atoms. The number of carbonyl (C=O) groups is 1. The van der Waals surface area contributed by atoms with Gasteiger partial charge in [0.2, 0.25) is 0 Å². The molecule has 0 aliphatic heterocycles. The van der Waals surface area contributed by atoms with Gasteiger partial charge in [0.05, 0.1) is 6.04 Å². The van der Waals surface area contributed by atoms with E-state index in [2.05, 4.69) is 6.58 Å². The molecule has 1 aromatic carbocycles. The highest BCUT2D eigenvalue weighted by Gasteiger charge is 2.14. The second-order valence-electron chi connectivity index (χ2n) is 4.24. The van der Waals surface area contributed by atoms with Crippen LogP contribution in [0.1, 0.15) is 43.7 Å². The molecule has 2 N–H and O–H groups in total. The molecule has 1 atom stereocenters. The molecule has 0 heterocycles. The van der Waals surface area contributed by atoms with E-state index in [1.807, 2.05) is 36.4 Å². The minimum Gasteiger partial charge on any atom is -0.318 e. The van der Waals surface area contributed by atoms with Crippen LogP contribution in [0, 0.1) is 0 Å². The molecule has 0 saturated carbocycles. The lowest BCUT2D eigenvalue weighted by Gasteiger charge is -2.10. The van der Waals surface area contributed by atoms with Crippen LogP contribution in [0.25, 0.3) is 0 Å². The van der Waals surface area contributed by atoms with Gasteiger partial charge in [-0.05, 0) is 24.8 Å². The molecular formula is C15H21NO. The van der Waals surface area contributed by atoms with Crippen molar-refractivity contribution in [3.8, 4) is 0 Å². The quantitative estimate of drug-likeness (QED) is 0.550. The number of unbranched alkanes of at least 4 members (excludes halogenated alkanes) is 3. The van der Waals surface area contributed by atoms with Gasteiger partial charge in [-0.1, -0.05) is 42.8 Å². The molecule has 2 nitrogen and oxygen atoms in total. The molecule has 0 radical (unpaired) electrons.